The Labute approximate surface area is 134 Å². The van der Waals surface area contributed by atoms with Crippen molar-refractivity contribution in [3.8, 4) is 0 Å². The predicted molar refractivity (Wildman–Crippen MR) is 87.2 cm³/mol. The van der Waals surface area contributed by atoms with Crippen LogP contribution in [0, 0.1) is 0 Å². The summed E-state index contributed by atoms with van der Waals surface area (Å²) in [5.41, 5.74) is 2.14. The Kier molecular flexibility index (Phi) is 3.60. The number of hydrogen-bond donors (Lipinski definition) is 0. The number of rotatable bonds is 2. The van der Waals surface area contributed by atoms with Crippen molar-refractivity contribution >= 4 is 34.2 Å². The number of fused-ring (bicyclic) bond motifs is 2. The number of benzene rings is 1. The molecular formula is C16H19Cl2N3. The van der Waals surface area contributed by atoms with Gasteiger partial charge in [0.15, 0.2) is 0 Å². The summed E-state index contributed by atoms with van der Waals surface area (Å²) in [6.45, 7) is 2.47. The van der Waals surface area contributed by atoms with Gasteiger partial charge in [-0.2, -0.15) is 0 Å². The Morgan fingerprint density at radius 3 is 2.95 bits per heavy atom. The molecule has 2 aliphatic heterocycles. The van der Waals surface area contributed by atoms with Crippen molar-refractivity contribution in [2.75, 3.05) is 13.1 Å². The molecule has 3 nitrogen and oxygen atoms in total. The van der Waals surface area contributed by atoms with Crippen LogP contribution in [0.5, 0.6) is 0 Å². The van der Waals surface area contributed by atoms with Crippen LogP contribution in [-0.2, 0) is 5.88 Å². The van der Waals surface area contributed by atoms with Crippen molar-refractivity contribution < 1.29 is 0 Å². The lowest BCUT2D eigenvalue weighted by Gasteiger charge is -2.36. The molecule has 5 heteroatoms. The van der Waals surface area contributed by atoms with Gasteiger partial charge in [0.1, 0.15) is 5.82 Å². The zero-order valence-electron chi connectivity index (χ0n) is 11.9. The van der Waals surface area contributed by atoms with E-state index in [1.54, 1.807) is 0 Å². The van der Waals surface area contributed by atoms with Crippen molar-refractivity contribution in [3.05, 3.63) is 29.0 Å². The molecule has 0 radical (unpaired) electrons. The van der Waals surface area contributed by atoms with Crippen LogP contribution in [0.15, 0.2) is 18.2 Å². The fourth-order valence-electron chi connectivity index (χ4n) is 4.06. The summed E-state index contributed by atoms with van der Waals surface area (Å²) >= 11 is 12.3. The topological polar surface area (TPSA) is 21.1 Å². The van der Waals surface area contributed by atoms with E-state index in [1.807, 2.05) is 18.2 Å². The van der Waals surface area contributed by atoms with Crippen molar-refractivity contribution in [2.24, 2.45) is 0 Å². The van der Waals surface area contributed by atoms with Crippen LogP contribution < -0.4 is 0 Å². The maximum Gasteiger partial charge on any atom is 0.125 e. The molecule has 0 bridgehead atoms. The number of piperidine rings is 1. The lowest BCUT2D eigenvalue weighted by atomic mass is 9.97. The van der Waals surface area contributed by atoms with Crippen LogP contribution >= 0.6 is 23.2 Å². The molecule has 3 heterocycles. The lowest BCUT2D eigenvalue weighted by molar-refractivity contribution is 0.156. The fourth-order valence-corrected chi connectivity index (χ4v) is 4.41. The summed E-state index contributed by atoms with van der Waals surface area (Å²) in [6, 6.07) is 7.17. The minimum absolute atomic E-state index is 0.456. The van der Waals surface area contributed by atoms with E-state index in [9.17, 15) is 0 Å². The Bertz CT molecular complexity index is 667. The molecule has 4 rings (SSSR count). The summed E-state index contributed by atoms with van der Waals surface area (Å²) in [7, 11) is 0. The molecular weight excluding hydrogens is 305 g/mol. The monoisotopic (exact) mass is 323 g/mol. The van der Waals surface area contributed by atoms with Gasteiger partial charge in [0.25, 0.3) is 0 Å². The first kappa shape index (κ1) is 13.9. The quantitative estimate of drug-likeness (QED) is 0.771. The number of aromatic nitrogens is 2. The Morgan fingerprint density at radius 1 is 1.19 bits per heavy atom. The van der Waals surface area contributed by atoms with E-state index >= 15 is 0 Å². The highest BCUT2D eigenvalue weighted by molar-refractivity contribution is 6.31. The lowest BCUT2D eigenvalue weighted by Crippen LogP contribution is -2.38. The van der Waals surface area contributed by atoms with E-state index < -0.39 is 0 Å². The van der Waals surface area contributed by atoms with Gasteiger partial charge in [-0.1, -0.05) is 11.6 Å². The number of halogens is 2. The highest BCUT2D eigenvalue weighted by atomic mass is 35.5. The third-order valence-electron chi connectivity index (χ3n) is 5.00. The molecule has 2 aromatic rings. The van der Waals surface area contributed by atoms with Crippen molar-refractivity contribution in [3.63, 3.8) is 0 Å². The fraction of sp³-hybridized carbons (Fsp3) is 0.562. The van der Waals surface area contributed by atoms with Gasteiger partial charge in [-0.15, -0.1) is 11.6 Å². The van der Waals surface area contributed by atoms with Gasteiger partial charge in [-0.3, -0.25) is 0 Å². The molecule has 2 atom stereocenters. The predicted octanol–water partition coefficient (Wildman–Crippen LogP) is 4.23. The molecule has 0 spiro atoms. The minimum atomic E-state index is 0.456. The van der Waals surface area contributed by atoms with E-state index in [0.29, 0.717) is 11.9 Å². The van der Waals surface area contributed by atoms with Gasteiger partial charge in [0.2, 0.25) is 0 Å². The average molecular weight is 324 g/mol. The first-order valence-electron chi connectivity index (χ1n) is 7.72. The third-order valence-corrected chi connectivity index (χ3v) is 5.48. The van der Waals surface area contributed by atoms with Crippen LogP contribution in [0.4, 0.5) is 0 Å². The smallest absolute Gasteiger partial charge is 0.125 e. The molecule has 0 amide bonds. The molecule has 0 saturated carbocycles. The molecule has 1 aromatic heterocycles. The van der Waals surface area contributed by atoms with Crippen LogP contribution in [0.25, 0.3) is 11.0 Å². The third kappa shape index (κ3) is 2.36. The SMILES string of the molecule is ClCc1nc2ccc(Cl)cc2n1C1CCN2CCCC2C1. The molecule has 112 valence electrons. The van der Waals surface area contributed by atoms with Gasteiger partial charge in [0, 0.05) is 23.7 Å². The minimum Gasteiger partial charge on any atom is -0.324 e. The summed E-state index contributed by atoms with van der Waals surface area (Å²) in [6.07, 6.45) is 5.07. The summed E-state index contributed by atoms with van der Waals surface area (Å²) < 4.78 is 2.35. The average Bonchev–Trinajstić information content (AvgIpc) is 3.09. The second kappa shape index (κ2) is 5.45. The van der Waals surface area contributed by atoms with Gasteiger partial charge in [0.05, 0.1) is 16.9 Å². The zero-order valence-corrected chi connectivity index (χ0v) is 13.4. The first-order valence-corrected chi connectivity index (χ1v) is 8.64. The van der Waals surface area contributed by atoms with E-state index in [4.69, 9.17) is 28.2 Å². The molecule has 0 aliphatic carbocycles. The summed E-state index contributed by atoms with van der Waals surface area (Å²) in [5, 5.41) is 0.767. The standard InChI is InChI=1S/C16H19Cl2N3/c17-10-16-19-14-4-3-11(18)8-15(14)21(16)13-5-7-20-6-1-2-12(20)9-13/h3-4,8,12-13H,1-2,5-7,9-10H2. The maximum atomic E-state index is 6.19. The highest BCUT2D eigenvalue weighted by Crippen LogP contribution is 2.36. The van der Waals surface area contributed by atoms with E-state index in [2.05, 4.69) is 9.47 Å². The van der Waals surface area contributed by atoms with Gasteiger partial charge in [-0.25, -0.2) is 4.98 Å². The molecule has 0 N–H and O–H groups in total. The van der Waals surface area contributed by atoms with E-state index in [0.717, 1.165) is 27.9 Å². The molecule has 2 saturated heterocycles. The van der Waals surface area contributed by atoms with Crippen LogP contribution in [0.3, 0.4) is 0 Å². The maximum absolute atomic E-state index is 6.19. The molecule has 2 fully saturated rings. The van der Waals surface area contributed by atoms with E-state index in [-0.39, 0.29) is 0 Å². The largest absolute Gasteiger partial charge is 0.324 e. The van der Waals surface area contributed by atoms with Crippen molar-refractivity contribution in [2.45, 2.75) is 43.6 Å². The number of imidazole rings is 1. The van der Waals surface area contributed by atoms with Crippen molar-refractivity contribution in [1.29, 1.82) is 0 Å². The van der Waals surface area contributed by atoms with Gasteiger partial charge in [-0.05, 0) is 50.4 Å². The number of hydrogen-bond acceptors (Lipinski definition) is 2. The second-order valence-electron chi connectivity index (χ2n) is 6.17. The summed E-state index contributed by atoms with van der Waals surface area (Å²) in [4.78, 5) is 7.33. The zero-order chi connectivity index (χ0) is 14.4. The van der Waals surface area contributed by atoms with E-state index in [1.165, 1.54) is 38.8 Å². The first-order chi connectivity index (χ1) is 10.3. The molecule has 2 aliphatic rings. The number of nitrogens with zero attached hydrogens (tertiary/aromatic N) is 3. The second-order valence-corrected chi connectivity index (χ2v) is 6.88. The van der Waals surface area contributed by atoms with Crippen LogP contribution in [-0.4, -0.2) is 33.6 Å². The van der Waals surface area contributed by atoms with Crippen LogP contribution in [0.1, 0.15) is 37.5 Å². The van der Waals surface area contributed by atoms with Gasteiger partial charge >= 0.3 is 0 Å². The number of alkyl halides is 1. The highest BCUT2D eigenvalue weighted by Gasteiger charge is 2.33. The normalized spacial score (nSPS) is 26.4. The molecule has 21 heavy (non-hydrogen) atoms. The summed E-state index contributed by atoms with van der Waals surface area (Å²) in [5.74, 6) is 1.43. The Morgan fingerprint density at radius 2 is 2.10 bits per heavy atom. The Balaban J connectivity index is 1.76. The van der Waals surface area contributed by atoms with Gasteiger partial charge < -0.3 is 9.47 Å². The molecule has 2 unspecified atom stereocenters. The van der Waals surface area contributed by atoms with Crippen molar-refractivity contribution in [1.82, 2.24) is 14.5 Å². The molecule has 1 aromatic carbocycles. The van der Waals surface area contributed by atoms with Crippen LogP contribution in [0.2, 0.25) is 5.02 Å². The Hall–Kier alpha value is -0.770.